The van der Waals surface area contributed by atoms with Crippen molar-refractivity contribution < 1.29 is 0 Å². The largest absolute Gasteiger partial charge is 0.347 e. The highest BCUT2D eigenvalue weighted by molar-refractivity contribution is 5.62. The zero-order chi connectivity index (χ0) is 11.0. The van der Waals surface area contributed by atoms with Gasteiger partial charge < -0.3 is 9.88 Å². The zero-order valence-electron chi connectivity index (χ0n) is 9.53. The van der Waals surface area contributed by atoms with Crippen molar-refractivity contribution >= 4 is 0 Å². The van der Waals surface area contributed by atoms with E-state index in [0.29, 0.717) is 0 Å². The molecule has 0 aliphatic carbocycles. The first-order chi connectivity index (χ1) is 7.86. The van der Waals surface area contributed by atoms with E-state index in [1.807, 2.05) is 0 Å². The molecule has 0 bridgehead atoms. The Balaban J connectivity index is 2.12. The molecule has 1 aliphatic heterocycles. The molecule has 2 heterocycles. The van der Waals surface area contributed by atoms with E-state index in [1.165, 1.54) is 22.5 Å². The van der Waals surface area contributed by atoms with Crippen molar-refractivity contribution in [3.8, 4) is 11.3 Å². The summed E-state index contributed by atoms with van der Waals surface area (Å²) in [6.45, 7) is 2.11. The molecule has 16 heavy (non-hydrogen) atoms. The molecule has 1 aromatic heterocycles. The smallest absolute Gasteiger partial charge is 0.0483 e. The van der Waals surface area contributed by atoms with Crippen molar-refractivity contribution in [1.29, 1.82) is 0 Å². The molecule has 82 valence electrons. The van der Waals surface area contributed by atoms with Crippen LogP contribution in [0.1, 0.15) is 11.3 Å². The standard InChI is InChI=1S/C14H16N2/c1-16-13-7-8-15-10-12(13)9-14(16)11-5-3-2-4-6-11/h2-6,9,15H,7-8,10H2,1H3. The average Bonchev–Trinajstić information content (AvgIpc) is 2.69. The molecule has 2 heteroatoms. The van der Waals surface area contributed by atoms with Crippen LogP contribution < -0.4 is 5.32 Å². The minimum atomic E-state index is 1.01. The Bertz CT molecular complexity index is 497. The van der Waals surface area contributed by atoms with Crippen LogP contribution in [0.3, 0.4) is 0 Å². The summed E-state index contributed by atoms with van der Waals surface area (Å²) in [6.07, 6.45) is 1.14. The van der Waals surface area contributed by atoms with Crippen LogP contribution in [0.2, 0.25) is 0 Å². The Hall–Kier alpha value is -1.54. The highest BCUT2D eigenvalue weighted by atomic mass is 15.0. The summed E-state index contributed by atoms with van der Waals surface area (Å²) in [6, 6.07) is 12.9. The van der Waals surface area contributed by atoms with Crippen LogP contribution in [0, 0.1) is 0 Å². The Morgan fingerprint density at radius 2 is 2.00 bits per heavy atom. The lowest BCUT2D eigenvalue weighted by molar-refractivity contribution is 0.619. The van der Waals surface area contributed by atoms with E-state index in [9.17, 15) is 0 Å². The first-order valence-electron chi connectivity index (χ1n) is 5.80. The molecule has 0 fully saturated rings. The molecule has 2 aromatic rings. The van der Waals surface area contributed by atoms with Crippen LogP contribution in [0.4, 0.5) is 0 Å². The van der Waals surface area contributed by atoms with Gasteiger partial charge in [-0.15, -0.1) is 0 Å². The molecular weight excluding hydrogens is 196 g/mol. The highest BCUT2D eigenvalue weighted by Crippen LogP contribution is 2.26. The third-order valence-electron chi connectivity index (χ3n) is 3.37. The lowest BCUT2D eigenvalue weighted by Crippen LogP contribution is -2.24. The summed E-state index contributed by atoms with van der Waals surface area (Å²) in [5.74, 6) is 0. The molecule has 0 saturated carbocycles. The fraction of sp³-hybridized carbons (Fsp3) is 0.286. The van der Waals surface area contributed by atoms with Gasteiger partial charge in [-0.1, -0.05) is 30.3 Å². The average molecular weight is 212 g/mol. The molecule has 0 saturated heterocycles. The lowest BCUT2D eigenvalue weighted by Gasteiger charge is -2.14. The normalized spacial score (nSPS) is 14.8. The van der Waals surface area contributed by atoms with Crippen LogP contribution in [0.5, 0.6) is 0 Å². The first-order valence-corrected chi connectivity index (χ1v) is 5.80. The van der Waals surface area contributed by atoms with Crippen LogP contribution in [0.15, 0.2) is 36.4 Å². The van der Waals surface area contributed by atoms with Gasteiger partial charge in [0.1, 0.15) is 0 Å². The number of nitrogens with one attached hydrogen (secondary N) is 1. The number of hydrogen-bond acceptors (Lipinski definition) is 1. The van der Waals surface area contributed by atoms with Gasteiger partial charge in [0.2, 0.25) is 0 Å². The van der Waals surface area contributed by atoms with Gasteiger partial charge in [-0.25, -0.2) is 0 Å². The van der Waals surface area contributed by atoms with E-state index in [1.54, 1.807) is 0 Å². The predicted molar refractivity (Wildman–Crippen MR) is 66.3 cm³/mol. The summed E-state index contributed by atoms with van der Waals surface area (Å²) in [7, 11) is 2.17. The van der Waals surface area contributed by atoms with Crippen molar-refractivity contribution in [1.82, 2.24) is 9.88 Å². The SMILES string of the molecule is Cn1c(-c2ccccc2)cc2c1CCNC2. The summed E-state index contributed by atoms with van der Waals surface area (Å²) in [4.78, 5) is 0. The molecule has 0 radical (unpaired) electrons. The van der Waals surface area contributed by atoms with Gasteiger partial charge in [0.15, 0.2) is 0 Å². The Labute approximate surface area is 95.9 Å². The fourth-order valence-electron chi connectivity index (χ4n) is 2.50. The number of fused-ring (bicyclic) bond motifs is 1. The summed E-state index contributed by atoms with van der Waals surface area (Å²) in [5, 5.41) is 3.42. The predicted octanol–water partition coefficient (Wildman–Crippen LogP) is 2.34. The van der Waals surface area contributed by atoms with Crippen molar-refractivity contribution in [2.75, 3.05) is 6.54 Å². The number of rotatable bonds is 1. The summed E-state index contributed by atoms with van der Waals surface area (Å²) >= 11 is 0. The number of benzene rings is 1. The monoisotopic (exact) mass is 212 g/mol. The lowest BCUT2D eigenvalue weighted by atomic mass is 10.1. The highest BCUT2D eigenvalue weighted by Gasteiger charge is 2.15. The Morgan fingerprint density at radius 3 is 2.75 bits per heavy atom. The van der Waals surface area contributed by atoms with Crippen molar-refractivity contribution in [3.63, 3.8) is 0 Å². The van der Waals surface area contributed by atoms with Gasteiger partial charge >= 0.3 is 0 Å². The van der Waals surface area contributed by atoms with Gasteiger partial charge in [0.05, 0.1) is 0 Å². The van der Waals surface area contributed by atoms with Gasteiger partial charge in [-0.2, -0.15) is 0 Å². The topological polar surface area (TPSA) is 17.0 Å². The van der Waals surface area contributed by atoms with Gasteiger partial charge in [0, 0.05) is 37.9 Å². The number of nitrogens with zero attached hydrogens (tertiary/aromatic N) is 1. The Morgan fingerprint density at radius 1 is 1.19 bits per heavy atom. The molecule has 3 rings (SSSR count). The molecule has 0 unspecified atom stereocenters. The summed E-state index contributed by atoms with van der Waals surface area (Å²) in [5.41, 5.74) is 5.57. The molecule has 0 atom stereocenters. The number of hydrogen-bond donors (Lipinski definition) is 1. The zero-order valence-corrected chi connectivity index (χ0v) is 9.53. The van der Waals surface area contributed by atoms with Crippen molar-refractivity contribution in [2.24, 2.45) is 7.05 Å². The van der Waals surface area contributed by atoms with Gasteiger partial charge in [0.25, 0.3) is 0 Å². The molecule has 0 amide bonds. The van der Waals surface area contributed by atoms with E-state index in [-0.39, 0.29) is 0 Å². The quantitative estimate of drug-likeness (QED) is 0.767. The van der Waals surface area contributed by atoms with E-state index in [2.05, 4.69) is 53.3 Å². The summed E-state index contributed by atoms with van der Waals surface area (Å²) < 4.78 is 2.34. The van der Waals surface area contributed by atoms with Crippen LogP contribution in [-0.4, -0.2) is 11.1 Å². The molecule has 2 nitrogen and oxygen atoms in total. The maximum absolute atomic E-state index is 3.42. The minimum absolute atomic E-state index is 1.01. The van der Waals surface area contributed by atoms with E-state index in [0.717, 1.165) is 19.5 Å². The molecular formula is C14H16N2. The molecule has 0 spiro atoms. The van der Waals surface area contributed by atoms with Crippen LogP contribution in [-0.2, 0) is 20.0 Å². The van der Waals surface area contributed by atoms with E-state index >= 15 is 0 Å². The number of aromatic nitrogens is 1. The maximum atomic E-state index is 3.42. The van der Waals surface area contributed by atoms with Crippen molar-refractivity contribution in [2.45, 2.75) is 13.0 Å². The van der Waals surface area contributed by atoms with Crippen LogP contribution in [0.25, 0.3) is 11.3 Å². The molecule has 1 aliphatic rings. The van der Waals surface area contributed by atoms with Gasteiger partial charge in [-0.05, 0) is 17.2 Å². The van der Waals surface area contributed by atoms with E-state index in [4.69, 9.17) is 0 Å². The fourth-order valence-corrected chi connectivity index (χ4v) is 2.50. The third kappa shape index (κ3) is 1.46. The van der Waals surface area contributed by atoms with E-state index < -0.39 is 0 Å². The van der Waals surface area contributed by atoms with Crippen molar-refractivity contribution in [3.05, 3.63) is 47.7 Å². The van der Waals surface area contributed by atoms with Crippen LogP contribution >= 0.6 is 0 Å². The second-order valence-corrected chi connectivity index (χ2v) is 4.35. The van der Waals surface area contributed by atoms with Gasteiger partial charge in [-0.3, -0.25) is 0 Å². The first kappa shape index (κ1) is 9.67. The third-order valence-corrected chi connectivity index (χ3v) is 3.37. The second-order valence-electron chi connectivity index (χ2n) is 4.35. The second kappa shape index (κ2) is 3.80. The maximum Gasteiger partial charge on any atom is 0.0483 e. The molecule has 1 aromatic carbocycles. The minimum Gasteiger partial charge on any atom is -0.347 e. The molecule has 1 N–H and O–H groups in total. The Kier molecular flexibility index (Phi) is 2.29.